The highest BCUT2D eigenvalue weighted by Gasteiger charge is 2.32. The Labute approximate surface area is 132 Å². The first-order valence-corrected chi connectivity index (χ1v) is 8.53. The van der Waals surface area contributed by atoms with Crippen molar-refractivity contribution in [1.29, 1.82) is 0 Å². The van der Waals surface area contributed by atoms with Crippen LogP contribution in [0.15, 0.2) is 18.2 Å². The first-order chi connectivity index (χ1) is 10.5. The maximum atomic E-state index is 12.8. The highest BCUT2D eigenvalue weighted by molar-refractivity contribution is 5.16. The second-order valence-electron chi connectivity index (χ2n) is 5.99. The number of nitrogens with zero attached hydrogens (tertiary/aromatic N) is 1. The van der Waals surface area contributed by atoms with E-state index < -0.39 is 11.9 Å². The summed E-state index contributed by atoms with van der Waals surface area (Å²) in [6.07, 6.45) is 5.51. The first-order valence-electron chi connectivity index (χ1n) is 8.53. The molecule has 1 heterocycles. The lowest BCUT2D eigenvalue weighted by molar-refractivity contribution is -0.141. The van der Waals surface area contributed by atoms with Crippen LogP contribution in [0.4, 0.5) is 13.2 Å². The van der Waals surface area contributed by atoms with Crippen molar-refractivity contribution in [2.45, 2.75) is 83.7 Å². The molecule has 0 radical (unpaired) electrons. The van der Waals surface area contributed by atoms with Crippen LogP contribution in [0, 0.1) is 0 Å². The minimum Gasteiger partial charge on any atom is -0.248 e. The largest absolute Gasteiger partial charge is 0.433 e. The zero-order valence-electron chi connectivity index (χ0n) is 13.8. The van der Waals surface area contributed by atoms with Gasteiger partial charge in [0.25, 0.3) is 0 Å². The van der Waals surface area contributed by atoms with Gasteiger partial charge < -0.3 is 0 Å². The lowest BCUT2D eigenvalue weighted by Crippen LogP contribution is -2.11. The maximum absolute atomic E-state index is 12.8. The van der Waals surface area contributed by atoms with Crippen LogP contribution in [0.2, 0.25) is 0 Å². The Hall–Kier alpha value is -1.06. The molecule has 0 N–H and O–H groups in total. The highest BCUT2D eigenvalue weighted by Crippen LogP contribution is 2.31. The van der Waals surface area contributed by atoms with Gasteiger partial charge in [0.1, 0.15) is 5.69 Å². The van der Waals surface area contributed by atoms with Gasteiger partial charge in [0.15, 0.2) is 0 Å². The number of halogens is 3. The van der Waals surface area contributed by atoms with Crippen molar-refractivity contribution in [1.82, 2.24) is 4.98 Å². The molecule has 0 spiro atoms. The second kappa shape index (κ2) is 9.86. The summed E-state index contributed by atoms with van der Waals surface area (Å²) >= 11 is 0. The van der Waals surface area contributed by atoms with Gasteiger partial charge in [-0.15, -0.1) is 0 Å². The van der Waals surface area contributed by atoms with Gasteiger partial charge in [-0.3, -0.25) is 0 Å². The highest BCUT2D eigenvalue weighted by atomic mass is 19.4. The van der Waals surface area contributed by atoms with Gasteiger partial charge in [0.2, 0.25) is 0 Å². The van der Waals surface area contributed by atoms with E-state index in [1.807, 2.05) is 0 Å². The lowest BCUT2D eigenvalue weighted by Gasteiger charge is -2.17. The van der Waals surface area contributed by atoms with Crippen LogP contribution in [0.25, 0.3) is 0 Å². The molecule has 0 amide bonds. The summed E-state index contributed by atoms with van der Waals surface area (Å²) in [6.45, 7) is 4.29. The topological polar surface area (TPSA) is 12.9 Å². The van der Waals surface area contributed by atoms with Crippen LogP contribution in [0.5, 0.6) is 0 Å². The number of alkyl halides is 3. The average Bonchev–Trinajstić information content (AvgIpc) is 2.49. The molecule has 1 rings (SSSR count). The maximum Gasteiger partial charge on any atom is 0.433 e. The van der Waals surface area contributed by atoms with E-state index in [-0.39, 0.29) is 5.92 Å². The van der Waals surface area contributed by atoms with Gasteiger partial charge in [-0.25, -0.2) is 4.98 Å². The molecule has 1 atom stereocenters. The van der Waals surface area contributed by atoms with E-state index in [4.69, 9.17) is 0 Å². The molecule has 1 nitrogen and oxygen atoms in total. The fourth-order valence-corrected chi connectivity index (χ4v) is 2.72. The summed E-state index contributed by atoms with van der Waals surface area (Å²) in [5, 5.41) is 0. The third-order valence-corrected chi connectivity index (χ3v) is 4.04. The minimum atomic E-state index is -4.35. The number of hydrogen-bond acceptors (Lipinski definition) is 1. The first kappa shape index (κ1) is 19.0. The van der Waals surface area contributed by atoms with Gasteiger partial charge in [0, 0.05) is 11.6 Å². The third kappa shape index (κ3) is 6.80. The van der Waals surface area contributed by atoms with E-state index in [0.29, 0.717) is 5.69 Å². The number of rotatable bonds is 10. The van der Waals surface area contributed by atoms with Crippen molar-refractivity contribution in [3.63, 3.8) is 0 Å². The molecule has 0 fully saturated rings. The molecule has 126 valence electrons. The molecule has 0 saturated heterocycles. The van der Waals surface area contributed by atoms with E-state index in [1.54, 1.807) is 6.07 Å². The molecule has 0 aliphatic rings. The Kier molecular flexibility index (Phi) is 8.51. The molecule has 1 aromatic heterocycles. The van der Waals surface area contributed by atoms with Crippen LogP contribution in [0.3, 0.4) is 0 Å². The van der Waals surface area contributed by atoms with Gasteiger partial charge in [-0.1, -0.05) is 64.9 Å². The normalized spacial score (nSPS) is 13.3. The monoisotopic (exact) mass is 315 g/mol. The Morgan fingerprint density at radius 1 is 0.909 bits per heavy atom. The minimum absolute atomic E-state index is 0.156. The summed E-state index contributed by atoms with van der Waals surface area (Å²) in [7, 11) is 0. The molecule has 0 bridgehead atoms. The Bertz CT molecular complexity index is 415. The lowest BCUT2D eigenvalue weighted by atomic mass is 9.91. The predicted molar refractivity (Wildman–Crippen MR) is 84.9 cm³/mol. The van der Waals surface area contributed by atoms with E-state index >= 15 is 0 Å². The molecule has 0 saturated carbocycles. The Morgan fingerprint density at radius 3 is 2.18 bits per heavy atom. The molecule has 1 unspecified atom stereocenters. The van der Waals surface area contributed by atoms with E-state index in [0.717, 1.165) is 44.6 Å². The molecule has 1 aromatic rings. The smallest absolute Gasteiger partial charge is 0.248 e. The van der Waals surface area contributed by atoms with Gasteiger partial charge in [-0.2, -0.15) is 13.2 Å². The van der Waals surface area contributed by atoms with Gasteiger partial charge >= 0.3 is 6.18 Å². The second-order valence-corrected chi connectivity index (χ2v) is 5.99. The third-order valence-electron chi connectivity index (χ3n) is 4.04. The predicted octanol–water partition coefficient (Wildman–Crippen LogP) is 6.73. The van der Waals surface area contributed by atoms with Crippen LogP contribution in [-0.2, 0) is 6.18 Å². The number of pyridine rings is 1. The van der Waals surface area contributed by atoms with E-state index in [9.17, 15) is 13.2 Å². The fourth-order valence-electron chi connectivity index (χ4n) is 2.72. The zero-order valence-corrected chi connectivity index (χ0v) is 13.8. The van der Waals surface area contributed by atoms with Crippen molar-refractivity contribution in [3.05, 3.63) is 29.6 Å². The van der Waals surface area contributed by atoms with Crippen molar-refractivity contribution >= 4 is 0 Å². The molecule has 0 aliphatic heterocycles. The summed E-state index contributed by atoms with van der Waals surface area (Å²) in [5.41, 5.74) is -0.156. The average molecular weight is 315 g/mol. The molecule has 0 aliphatic carbocycles. The molecule has 22 heavy (non-hydrogen) atoms. The summed E-state index contributed by atoms with van der Waals surface area (Å²) < 4.78 is 38.4. The molecular weight excluding hydrogens is 287 g/mol. The van der Waals surface area contributed by atoms with Gasteiger partial charge in [0.05, 0.1) is 0 Å². The number of hydrogen-bond donors (Lipinski definition) is 0. The number of aromatic nitrogens is 1. The Balaban J connectivity index is 2.69. The van der Waals surface area contributed by atoms with Crippen molar-refractivity contribution < 1.29 is 13.2 Å². The number of unbranched alkanes of at least 4 members (excludes halogenated alkanes) is 5. The van der Waals surface area contributed by atoms with Crippen LogP contribution in [0.1, 0.15) is 88.9 Å². The SMILES string of the molecule is CCCCCCCC(CCCC)c1cccc(C(F)(F)F)n1. The standard InChI is InChI=1S/C18H28F3N/c1-3-5-7-8-9-12-15(11-6-4-2)16-13-10-14-17(22-16)18(19,20)21/h10,13-15H,3-9,11-12H2,1-2H3. The zero-order chi connectivity index (χ0) is 16.4. The summed E-state index contributed by atoms with van der Waals surface area (Å²) in [4.78, 5) is 3.89. The van der Waals surface area contributed by atoms with Crippen molar-refractivity contribution in [2.75, 3.05) is 0 Å². The summed E-state index contributed by atoms with van der Waals surface area (Å²) in [6, 6.07) is 4.30. The van der Waals surface area contributed by atoms with Crippen LogP contribution < -0.4 is 0 Å². The van der Waals surface area contributed by atoms with Crippen molar-refractivity contribution in [2.24, 2.45) is 0 Å². The quantitative estimate of drug-likeness (QED) is 0.436. The van der Waals surface area contributed by atoms with Gasteiger partial charge in [-0.05, 0) is 25.0 Å². The van der Waals surface area contributed by atoms with Crippen LogP contribution in [-0.4, -0.2) is 4.98 Å². The Morgan fingerprint density at radius 2 is 1.55 bits per heavy atom. The van der Waals surface area contributed by atoms with Crippen molar-refractivity contribution in [3.8, 4) is 0 Å². The van der Waals surface area contributed by atoms with E-state index in [2.05, 4.69) is 18.8 Å². The van der Waals surface area contributed by atoms with Crippen LogP contribution >= 0.6 is 0 Å². The van der Waals surface area contributed by atoms with E-state index in [1.165, 1.54) is 25.3 Å². The fraction of sp³-hybridized carbons (Fsp3) is 0.722. The molecular formula is C18H28F3N. The molecule has 4 heteroatoms. The summed E-state index contributed by atoms with van der Waals surface area (Å²) in [5.74, 6) is 0.156. The molecule has 0 aromatic carbocycles.